The van der Waals surface area contributed by atoms with Gasteiger partial charge in [0.1, 0.15) is 5.69 Å². The van der Waals surface area contributed by atoms with Crippen molar-refractivity contribution in [1.29, 1.82) is 0 Å². The molecule has 9 nitrogen and oxygen atoms in total. The Kier molecular flexibility index (Phi) is 5.88. The number of likely N-dealkylation sites (tertiary alicyclic amines) is 1. The molecule has 1 saturated heterocycles. The second kappa shape index (κ2) is 8.60. The van der Waals surface area contributed by atoms with E-state index in [1.807, 2.05) is 23.1 Å². The first-order chi connectivity index (χ1) is 14.9. The zero-order chi connectivity index (χ0) is 22.1. The quantitative estimate of drug-likeness (QED) is 0.703. The minimum absolute atomic E-state index is 0.0399. The summed E-state index contributed by atoms with van der Waals surface area (Å²) < 4.78 is 12.2. The average molecular weight is 428 g/mol. The predicted molar refractivity (Wildman–Crippen MR) is 114 cm³/mol. The zero-order valence-electron chi connectivity index (χ0n) is 17.6. The lowest BCUT2D eigenvalue weighted by Gasteiger charge is -2.43. The molecule has 1 N–H and O–H groups in total. The van der Waals surface area contributed by atoms with Crippen LogP contribution in [0.1, 0.15) is 30.0 Å². The Bertz CT molecular complexity index is 1030. The summed E-state index contributed by atoms with van der Waals surface area (Å²) in [4.78, 5) is 27.3. The third kappa shape index (κ3) is 4.11. The van der Waals surface area contributed by atoms with Crippen LogP contribution in [0.15, 0.2) is 35.1 Å². The number of hydrogen-bond donors (Lipinski definition) is 1. The molecule has 2 aliphatic heterocycles. The number of piperidine rings is 1. The maximum atomic E-state index is 12.9. The van der Waals surface area contributed by atoms with Crippen molar-refractivity contribution < 1.29 is 19.5 Å². The van der Waals surface area contributed by atoms with Crippen molar-refractivity contribution in [2.24, 2.45) is 5.92 Å². The average Bonchev–Trinajstić information content (AvgIpc) is 2.77. The summed E-state index contributed by atoms with van der Waals surface area (Å²) in [5.74, 6) is 1.56. The molecule has 2 aliphatic rings. The van der Waals surface area contributed by atoms with Crippen LogP contribution in [0.4, 0.5) is 5.69 Å². The van der Waals surface area contributed by atoms with Gasteiger partial charge in [0.25, 0.3) is 5.56 Å². The third-order valence-corrected chi connectivity index (χ3v) is 6.22. The van der Waals surface area contributed by atoms with Gasteiger partial charge in [0.15, 0.2) is 11.5 Å². The second-order valence-electron chi connectivity index (χ2n) is 8.12. The van der Waals surface area contributed by atoms with Gasteiger partial charge in [0, 0.05) is 37.7 Å². The Hall–Kier alpha value is -3.04. The van der Waals surface area contributed by atoms with Gasteiger partial charge in [0.2, 0.25) is 5.91 Å². The maximum Gasteiger partial charge on any atom is 0.275 e. The molecule has 0 spiro atoms. The van der Waals surface area contributed by atoms with Gasteiger partial charge in [-0.2, -0.15) is 0 Å². The minimum atomic E-state index is -0.488. The molecule has 1 fully saturated rings. The smallest absolute Gasteiger partial charge is 0.275 e. The molecule has 31 heavy (non-hydrogen) atoms. The fourth-order valence-electron chi connectivity index (χ4n) is 4.73. The summed E-state index contributed by atoms with van der Waals surface area (Å²) >= 11 is 0. The summed E-state index contributed by atoms with van der Waals surface area (Å²) in [5, 5.41) is 19.9. The number of carbonyl (C=O) groups is 1. The molecule has 2 atom stereocenters. The molecule has 1 amide bonds. The normalized spacial score (nSPS) is 19.5. The van der Waals surface area contributed by atoms with Gasteiger partial charge in [-0.3, -0.25) is 14.8 Å². The van der Waals surface area contributed by atoms with E-state index in [-0.39, 0.29) is 28.7 Å². The Balaban J connectivity index is 1.44. The molecule has 0 saturated carbocycles. The Morgan fingerprint density at radius 3 is 2.65 bits per heavy atom. The molecular weight excluding hydrogens is 402 g/mol. The number of ether oxygens (including phenoxy) is 2. The Morgan fingerprint density at radius 2 is 1.94 bits per heavy atom. The van der Waals surface area contributed by atoms with Crippen molar-refractivity contribution in [3.8, 4) is 11.5 Å². The van der Waals surface area contributed by atoms with Crippen LogP contribution in [0.2, 0.25) is 0 Å². The van der Waals surface area contributed by atoms with Crippen LogP contribution >= 0.6 is 0 Å². The van der Waals surface area contributed by atoms with Crippen molar-refractivity contribution >= 4 is 11.6 Å². The Labute approximate surface area is 179 Å². The summed E-state index contributed by atoms with van der Waals surface area (Å²) in [6, 6.07) is 8.70. The van der Waals surface area contributed by atoms with Crippen molar-refractivity contribution in [3.05, 3.63) is 57.2 Å². The van der Waals surface area contributed by atoms with Gasteiger partial charge in [-0.05, 0) is 48.6 Å². The van der Waals surface area contributed by atoms with Crippen LogP contribution in [0, 0.1) is 11.1 Å². The monoisotopic (exact) mass is 428 g/mol. The summed E-state index contributed by atoms with van der Waals surface area (Å²) in [6.07, 6.45) is 1.88. The highest BCUT2D eigenvalue weighted by Crippen LogP contribution is 2.36. The number of amides is 1. The number of rotatable bonds is 6. The lowest BCUT2D eigenvalue weighted by atomic mass is 9.83. The maximum absolute atomic E-state index is 12.9. The van der Waals surface area contributed by atoms with Crippen LogP contribution in [-0.2, 0) is 17.8 Å². The summed E-state index contributed by atoms with van der Waals surface area (Å²) in [7, 11) is 3.17. The molecular formula is C22H26N3O6-. The van der Waals surface area contributed by atoms with E-state index in [0.717, 1.165) is 17.7 Å². The third-order valence-electron chi connectivity index (χ3n) is 6.22. The standard InChI is InChI=1S/C22H26N3O6/c1-30-19-7-3-14(10-20(19)31-2)4-8-21(26)23-11-15-9-16(13-23)17-5-6-18(25(28)29)22(27)24(17)12-15/h3,5-7,10,15-16,28H,4,8-9,11-13H2,1-2H3/q-1. The number of pyridine rings is 1. The van der Waals surface area contributed by atoms with Crippen LogP contribution < -0.4 is 20.3 Å². The number of hydrogen-bond acceptors (Lipinski definition) is 7. The van der Waals surface area contributed by atoms with Crippen molar-refractivity contribution in [2.45, 2.75) is 31.7 Å². The number of carbonyl (C=O) groups excluding carboxylic acids is 1. The van der Waals surface area contributed by atoms with Crippen LogP contribution in [0.25, 0.3) is 0 Å². The van der Waals surface area contributed by atoms with E-state index in [9.17, 15) is 14.8 Å². The highest BCUT2D eigenvalue weighted by Gasteiger charge is 2.36. The van der Waals surface area contributed by atoms with Gasteiger partial charge in [-0.15, -0.1) is 0 Å². The van der Waals surface area contributed by atoms with E-state index in [4.69, 9.17) is 14.7 Å². The largest absolute Gasteiger partial charge is 0.733 e. The van der Waals surface area contributed by atoms with Crippen molar-refractivity contribution in [2.75, 3.05) is 32.5 Å². The van der Waals surface area contributed by atoms with E-state index in [2.05, 4.69) is 0 Å². The van der Waals surface area contributed by atoms with Crippen LogP contribution in [-0.4, -0.2) is 47.9 Å². The number of aryl methyl sites for hydroxylation is 1. The first-order valence-electron chi connectivity index (χ1n) is 10.3. The van der Waals surface area contributed by atoms with Crippen LogP contribution in [0.5, 0.6) is 11.5 Å². The molecule has 1 aromatic carbocycles. The van der Waals surface area contributed by atoms with Gasteiger partial charge in [0.05, 0.1) is 14.2 Å². The van der Waals surface area contributed by atoms with Gasteiger partial charge in [-0.1, -0.05) is 6.07 Å². The second-order valence-corrected chi connectivity index (χ2v) is 8.12. The molecule has 2 bridgehead atoms. The van der Waals surface area contributed by atoms with Gasteiger partial charge >= 0.3 is 0 Å². The Morgan fingerprint density at radius 1 is 1.16 bits per heavy atom. The summed E-state index contributed by atoms with van der Waals surface area (Å²) in [5.41, 5.74) is 1.03. The SMILES string of the molecule is COc1ccc(CCC(=O)N2CC3CC(C2)c2ccc(N([O-])O)c(=O)n2C3)cc1OC. The predicted octanol–water partition coefficient (Wildman–Crippen LogP) is 2.14. The molecule has 2 aromatic rings. The van der Waals surface area contributed by atoms with Crippen LogP contribution in [0.3, 0.4) is 0 Å². The number of fused-ring (bicyclic) bond motifs is 4. The molecule has 9 heteroatoms. The van der Waals surface area contributed by atoms with E-state index in [0.29, 0.717) is 44.0 Å². The minimum Gasteiger partial charge on any atom is -0.733 e. The molecule has 0 aliphatic carbocycles. The summed E-state index contributed by atoms with van der Waals surface area (Å²) in [6.45, 7) is 1.56. The lowest BCUT2D eigenvalue weighted by molar-refractivity contribution is -0.133. The van der Waals surface area contributed by atoms with Gasteiger partial charge in [-0.25, -0.2) is 0 Å². The van der Waals surface area contributed by atoms with E-state index in [1.54, 1.807) is 24.9 Å². The molecule has 3 heterocycles. The number of nitrogens with zero attached hydrogens (tertiary/aromatic N) is 3. The zero-order valence-corrected chi connectivity index (χ0v) is 17.6. The van der Waals surface area contributed by atoms with Crippen molar-refractivity contribution in [1.82, 2.24) is 9.47 Å². The first kappa shape index (κ1) is 21.2. The van der Waals surface area contributed by atoms with Gasteiger partial charge < -0.3 is 29.4 Å². The number of aromatic nitrogens is 1. The topological polar surface area (TPSA) is 107 Å². The fourth-order valence-corrected chi connectivity index (χ4v) is 4.73. The fraction of sp³-hybridized carbons (Fsp3) is 0.455. The molecule has 4 rings (SSSR count). The lowest BCUT2D eigenvalue weighted by Crippen LogP contribution is -2.49. The molecule has 2 unspecified atom stereocenters. The molecule has 166 valence electrons. The van der Waals surface area contributed by atoms with E-state index in [1.165, 1.54) is 6.07 Å². The number of anilines is 1. The molecule has 1 aromatic heterocycles. The number of methoxy groups -OCH3 is 2. The van der Waals surface area contributed by atoms with Crippen molar-refractivity contribution in [3.63, 3.8) is 0 Å². The van der Waals surface area contributed by atoms with E-state index < -0.39 is 5.56 Å². The molecule has 0 radical (unpaired) electrons. The highest BCUT2D eigenvalue weighted by molar-refractivity contribution is 5.76. The van der Waals surface area contributed by atoms with E-state index >= 15 is 0 Å². The highest BCUT2D eigenvalue weighted by atomic mass is 16.8. The number of benzene rings is 1. The first-order valence-corrected chi connectivity index (χ1v) is 10.3.